The number of hydrogen-bond donors (Lipinski definition) is 3. The summed E-state index contributed by atoms with van der Waals surface area (Å²) in [5.74, 6) is -0.397. The van der Waals surface area contributed by atoms with Gasteiger partial charge in [-0.2, -0.15) is 5.10 Å². The fraction of sp³-hybridized carbons (Fsp3) is 0.364. The van der Waals surface area contributed by atoms with E-state index in [1.807, 2.05) is 12.1 Å². The van der Waals surface area contributed by atoms with Crippen LogP contribution in [0.25, 0.3) is 10.8 Å². The molecule has 146 valence electrons. The summed E-state index contributed by atoms with van der Waals surface area (Å²) >= 11 is 0. The van der Waals surface area contributed by atoms with Crippen LogP contribution >= 0.6 is 0 Å². The van der Waals surface area contributed by atoms with Crippen molar-refractivity contribution in [1.29, 1.82) is 0 Å². The molecule has 1 aliphatic rings. The molecule has 0 aliphatic heterocycles. The lowest BCUT2D eigenvalue weighted by molar-refractivity contribution is 0.139. The number of aromatic hydroxyl groups is 1. The van der Waals surface area contributed by atoms with Crippen molar-refractivity contribution in [1.82, 2.24) is 15.1 Å². The van der Waals surface area contributed by atoms with Gasteiger partial charge in [-0.15, -0.1) is 0 Å². The Kier molecular flexibility index (Phi) is 4.91. The second-order valence-electron chi connectivity index (χ2n) is 7.67. The molecule has 0 amide bonds. The molecule has 28 heavy (non-hydrogen) atoms. The van der Waals surface area contributed by atoms with Crippen molar-refractivity contribution in [2.24, 2.45) is 0 Å². The van der Waals surface area contributed by atoms with E-state index in [-0.39, 0.29) is 11.1 Å². The fourth-order valence-corrected chi connectivity index (χ4v) is 4.36. The van der Waals surface area contributed by atoms with Crippen LogP contribution in [-0.2, 0) is 12.0 Å². The Bertz CT molecular complexity index is 1050. The summed E-state index contributed by atoms with van der Waals surface area (Å²) in [6.07, 6.45) is 4.45. The number of nitrogens with zero attached hydrogens (tertiary/aromatic N) is 2. The van der Waals surface area contributed by atoms with Crippen molar-refractivity contribution < 1.29 is 10.2 Å². The lowest BCUT2D eigenvalue weighted by Crippen LogP contribution is -2.33. The molecule has 3 aromatic rings. The van der Waals surface area contributed by atoms with Crippen LogP contribution in [0.2, 0.25) is 0 Å². The van der Waals surface area contributed by atoms with E-state index in [1.165, 1.54) is 29.6 Å². The van der Waals surface area contributed by atoms with Crippen LogP contribution in [0.1, 0.15) is 43.2 Å². The maximum Gasteiger partial charge on any atom is 0.248 e. The molecule has 0 spiro atoms. The molecule has 1 heterocycles. The predicted octanol–water partition coefficient (Wildman–Crippen LogP) is 2.82. The van der Waals surface area contributed by atoms with Crippen molar-refractivity contribution in [3.05, 3.63) is 70.1 Å². The van der Waals surface area contributed by atoms with Crippen LogP contribution in [0.4, 0.5) is 0 Å². The molecule has 1 aromatic heterocycles. The first-order valence-corrected chi connectivity index (χ1v) is 9.68. The highest BCUT2D eigenvalue weighted by Gasteiger charge is 2.36. The average Bonchev–Trinajstić information content (AvgIpc) is 3.19. The van der Waals surface area contributed by atoms with Gasteiger partial charge in [0.25, 0.3) is 0 Å². The van der Waals surface area contributed by atoms with E-state index < -0.39 is 17.4 Å². The molecule has 1 fully saturated rings. The lowest BCUT2D eigenvalue weighted by Gasteiger charge is -2.31. The molecule has 1 saturated carbocycles. The predicted molar refractivity (Wildman–Crippen MR) is 108 cm³/mol. The minimum atomic E-state index is -1.22. The third kappa shape index (κ3) is 3.30. The standard InChI is InChI=1S/C22H25N3O3/c1-23-21(28)19-20(27)18(26)13-25(24-19)14-22(10-4-5-11-22)17-9-8-15-6-2-3-7-16(15)12-17/h2-3,6-9,12-13,21,23,26,28H,4-5,10-11,14H2,1H3. The first-order chi connectivity index (χ1) is 13.5. The Morgan fingerprint density at radius 1 is 1.18 bits per heavy atom. The van der Waals surface area contributed by atoms with Gasteiger partial charge in [0.15, 0.2) is 17.7 Å². The summed E-state index contributed by atoms with van der Waals surface area (Å²) in [6, 6.07) is 14.9. The zero-order chi connectivity index (χ0) is 19.7. The van der Waals surface area contributed by atoms with E-state index in [0.29, 0.717) is 6.54 Å². The third-order valence-corrected chi connectivity index (χ3v) is 5.89. The minimum absolute atomic E-state index is 0.0887. The van der Waals surface area contributed by atoms with Gasteiger partial charge in [0.1, 0.15) is 0 Å². The average molecular weight is 379 g/mol. The van der Waals surface area contributed by atoms with Gasteiger partial charge >= 0.3 is 0 Å². The van der Waals surface area contributed by atoms with Gasteiger partial charge in [-0.1, -0.05) is 55.3 Å². The summed E-state index contributed by atoms with van der Waals surface area (Å²) in [6.45, 7) is 0.544. The number of hydrogen-bond acceptors (Lipinski definition) is 5. The van der Waals surface area contributed by atoms with E-state index in [1.54, 1.807) is 4.68 Å². The Morgan fingerprint density at radius 3 is 2.61 bits per heavy atom. The molecule has 1 aliphatic carbocycles. The van der Waals surface area contributed by atoms with Crippen LogP contribution in [0.15, 0.2) is 53.5 Å². The summed E-state index contributed by atoms with van der Waals surface area (Å²) < 4.78 is 1.60. The largest absolute Gasteiger partial charge is 0.503 e. The van der Waals surface area contributed by atoms with E-state index >= 15 is 0 Å². The Balaban J connectivity index is 1.76. The van der Waals surface area contributed by atoms with E-state index in [9.17, 15) is 15.0 Å². The second kappa shape index (κ2) is 7.37. The highest BCUT2D eigenvalue weighted by Crippen LogP contribution is 2.43. The highest BCUT2D eigenvalue weighted by atomic mass is 16.3. The van der Waals surface area contributed by atoms with Crippen molar-refractivity contribution in [2.75, 3.05) is 7.05 Å². The highest BCUT2D eigenvalue weighted by molar-refractivity contribution is 5.83. The molecule has 1 atom stereocenters. The number of benzene rings is 2. The summed E-state index contributed by atoms with van der Waals surface area (Å²) in [7, 11) is 1.54. The number of aliphatic hydroxyl groups excluding tert-OH is 1. The van der Waals surface area contributed by atoms with Gasteiger partial charge in [-0.25, -0.2) is 0 Å². The zero-order valence-electron chi connectivity index (χ0n) is 15.9. The van der Waals surface area contributed by atoms with E-state index in [4.69, 9.17) is 0 Å². The van der Waals surface area contributed by atoms with Gasteiger partial charge in [0, 0.05) is 5.41 Å². The van der Waals surface area contributed by atoms with Gasteiger partial charge in [-0.3, -0.25) is 14.8 Å². The molecule has 4 rings (SSSR count). The van der Waals surface area contributed by atoms with E-state index in [0.717, 1.165) is 25.7 Å². The molecule has 0 saturated heterocycles. The van der Waals surface area contributed by atoms with E-state index in [2.05, 4.69) is 40.7 Å². The van der Waals surface area contributed by atoms with Crippen LogP contribution < -0.4 is 10.7 Å². The topological polar surface area (TPSA) is 87.4 Å². The normalized spacial score (nSPS) is 17.1. The Hall–Kier alpha value is -2.70. The van der Waals surface area contributed by atoms with Crippen molar-refractivity contribution >= 4 is 10.8 Å². The summed E-state index contributed by atoms with van der Waals surface area (Å²) in [4.78, 5) is 12.1. The number of aromatic nitrogens is 2. The molecule has 0 radical (unpaired) electrons. The minimum Gasteiger partial charge on any atom is -0.503 e. The first kappa shape index (κ1) is 18.7. The number of fused-ring (bicyclic) bond motifs is 1. The van der Waals surface area contributed by atoms with Gasteiger partial charge in [0.05, 0.1) is 12.7 Å². The van der Waals surface area contributed by atoms with Crippen LogP contribution in [-0.4, -0.2) is 27.0 Å². The molecule has 3 N–H and O–H groups in total. The monoisotopic (exact) mass is 379 g/mol. The van der Waals surface area contributed by atoms with Gasteiger partial charge in [-0.05, 0) is 36.2 Å². The molecular formula is C22H25N3O3. The molecular weight excluding hydrogens is 354 g/mol. The number of nitrogens with one attached hydrogen (secondary N) is 1. The Morgan fingerprint density at radius 2 is 1.89 bits per heavy atom. The molecule has 6 nitrogen and oxygen atoms in total. The van der Waals surface area contributed by atoms with Gasteiger partial charge < -0.3 is 10.2 Å². The van der Waals surface area contributed by atoms with Gasteiger partial charge in [0.2, 0.25) is 5.43 Å². The van der Waals surface area contributed by atoms with Crippen LogP contribution in [0.3, 0.4) is 0 Å². The lowest BCUT2D eigenvalue weighted by atomic mass is 9.78. The van der Waals surface area contributed by atoms with Crippen molar-refractivity contribution in [3.63, 3.8) is 0 Å². The first-order valence-electron chi connectivity index (χ1n) is 9.68. The molecule has 0 bridgehead atoms. The van der Waals surface area contributed by atoms with Crippen LogP contribution in [0, 0.1) is 0 Å². The quantitative estimate of drug-likeness (QED) is 0.594. The maximum atomic E-state index is 12.1. The fourth-order valence-electron chi connectivity index (χ4n) is 4.36. The van der Waals surface area contributed by atoms with Crippen LogP contribution in [0.5, 0.6) is 5.75 Å². The summed E-state index contributed by atoms with van der Waals surface area (Å²) in [5.41, 5.74) is 0.401. The molecule has 2 aromatic carbocycles. The SMILES string of the molecule is CNC(O)c1nn(CC2(c3ccc4ccccc4c3)CCCC2)cc(O)c1=O. The van der Waals surface area contributed by atoms with Crippen molar-refractivity contribution in [2.45, 2.75) is 43.9 Å². The maximum absolute atomic E-state index is 12.1. The zero-order valence-corrected chi connectivity index (χ0v) is 15.9. The number of rotatable bonds is 5. The second-order valence-corrected chi connectivity index (χ2v) is 7.67. The summed E-state index contributed by atoms with van der Waals surface area (Å²) in [5, 5.41) is 29.4. The number of aliphatic hydroxyl groups is 1. The Labute approximate surface area is 163 Å². The smallest absolute Gasteiger partial charge is 0.248 e. The third-order valence-electron chi connectivity index (χ3n) is 5.89. The van der Waals surface area contributed by atoms with Crippen molar-refractivity contribution in [3.8, 4) is 5.75 Å². The molecule has 1 unspecified atom stereocenters. The molecule has 6 heteroatoms.